The number of halogens is 2. The molecule has 1 aromatic carbocycles. The molecule has 2 aliphatic rings. The fraction of sp³-hybridized carbons (Fsp3) is 0.611. The van der Waals surface area contributed by atoms with Crippen LogP contribution in [-0.2, 0) is 4.79 Å². The molecule has 5 nitrogen and oxygen atoms in total. The van der Waals surface area contributed by atoms with E-state index in [-0.39, 0.29) is 36.3 Å². The summed E-state index contributed by atoms with van der Waals surface area (Å²) < 4.78 is 5.04. The first-order valence-electron chi connectivity index (χ1n) is 8.61. The molecule has 1 aliphatic heterocycles. The van der Waals surface area contributed by atoms with Crippen LogP contribution in [0.3, 0.4) is 0 Å². The highest BCUT2D eigenvalue weighted by Gasteiger charge is 2.32. The minimum Gasteiger partial charge on any atom is -0.504 e. The smallest absolute Gasteiger partial charge is 0.308 e. The van der Waals surface area contributed by atoms with E-state index in [4.69, 9.17) is 4.74 Å². The summed E-state index contributed by atoms with van der Waals surface area (Å²) >= 11 is 0. The fourth-order valence-corrected chi connectivity index (χ4v) is 3.97. The Morgan fingerprint density at radius 3 is 2.44 bits per heavy atom. The highest BCUT2D eigenvalue weighted by Crippen LogP contribution is 2.41. The van der Waals surface area contributed by atoms with E-state index in [0.717, 1.165) is 31.7 Å². The molecule has 0 spiro atoms. The largest absolute Gasteiger partial charge is 0.504 e. The number of nitrogens with one attached hydrogen (secondary N) is 1. The van der Waals surface area contributed by atoms with Crippen LogP contribution in [0.4, 0.5) is 0 Å². The molecule has 25 heavy (non-hydrogen) atoms. The lowest BCUT2D eigenvalue weighted by Gasteiger charge is -2.38. The average molecular weight is 391 g/mol. The first-order chi connectivity index (χ1) is 11.1. The van der Waals surface area contributed by atoms with Gasteiger partial charge in [-0.1, -0.05) is 18.9 Å². The summed E-state index contributed by atoms with van der Waals surface area (Å²) in [6.07, 6.45) is 5.09. The Hall–Kier alpha value is -1.01. The summed E-state index contributed by atoms with van der Waals surface area (Å²) in [5, 5.41) is 13.6. The van der Waals surface area contributed by atoms with E-state index in [1.165, 1.54) is 32.6 Å². The monoisotopic (exact) mass is 390 g/mol. The topological polar surface area (TPSA) is 61.8 Å². The van der Waals surface area contributed by atoms with Gasteiger partial charge in [0.15, 0.2) is 11.5 Å². The Morgan fingerprint density at radius 2 is 1.88 bits per heavy atom. The SMILES string of the molecule is CC(=O)Oc1ccc([C@@H](C2CCCC2)N2CCNCC2)cc1O.Cl.Cl. The second-order valence-electron chi connectivity index (χ2n) is 6.60. The van der Waals surface area contributed by atoms with Crippen molar-refractivity contribution in [2.75, 3.05) is 26.2 Å². The number of hydrogen-bond donors (Lipinski definition) is 2. The second-order valence-corrected chi connectivity index (χ2v) is 6.60. The summed E-state index contributed by atoms with van der Waals surface area (Å²) in [6.45, 7) is 5.44. The molecule has 0 unspecified atom stereocenters. The van der Waals surface area contributed by atoms with Gasteiger partial charge < -0.3 is 15.2 Å². The lowest BCUT2D eigenvalue weighted by molar-refractivity contribution is -0.132. The minimum atomic E-state index is -0.414. The number of phenols is 1. The molecular formula is C18H28Cl2N2O3. The summed E-state index contributed by atoms with van der Waals surface area (Å²) in [4.78, 5) is 13.6. The van der Waals surface area contributed by atoms with Crippen LogP contribution < -0.4 is 10.1 Å². The third kappa shape index (κ3) is 5.48. The van der Waals surface area contributed by atoms with Crippen molar-refractivity contribution in [3.05, 3.63) is 23.8 Å². The summed E-state index contributed by atoms with van der Waals surface area (Å²) in [5.41, 5.74) is 1.13. The van der Waals surface area contributed by atoms with Crippen LogP contribution in [0.5, 0.6) is 11.5 Å². The van der Waals surface area contributed by atoms with Crippen LogP contribution in [0.1, 0.15) is 44.2 Å². The second kappa shape index (κ2) is 10.2. The lowest BCUT2D eigenvalue weighted by atomic mass is 9.89. The van der Waals surface area contributed by atoms with E-state index < -0.39 is 5.97 Å². The van der Waals surface area contributed by atoms with Gasteiger partial charge in [0.2, 0.25) is 0 Å². The van der Waals surface area contributed by atoms with Gasteiger partial charge in [-0.25, -0.2) is 0 Å². The maximum atomic E-state index is 11.1. The molecule has 1 saturated carbocycles. The van der Waals surface area contributed by atoms with Gasteiger partial charge in [-0.2, -0.15) is 0 Å². The van der Waals surface area contributed by atoms with E-state index in [1.807, 2.05) is 6.07 Å². The Kier molecular flexibility index (Phi) is 9.00. The molecule has 1 aromatic rings. The Morgan fingerprint density at radius 1 is 1.24 bits per heavy atom. The third-order valence-electron chi connectivity index (χ3n) is 4.97. The van der Waals surface area contributed by atoms with Crippen molar-refractivity contribution in [1.29, 1.82) is 0 Å². The predicted octanol–water partition coefficient (Wildman–Crippen LogP) is 3.30. The van der Waals surface area contributed by atoms with E-state index >= 15 is 0 Å². The third-order valence-corrected chi connectivity index (χ3v) is 4.97. The van der Waals surface area contributed by atoms with Crippen LogP contribution in [0.2, 0.25) is 0 Å². The average Bonchev–Trinajstić information content (AvgIpc) is 3.05. The van der Waals surface area contributed by atoms with Crippen molar-refractivity contribution < 1.29 is 14.6 Å². The van der Waals surface area contributed by atoms with Gasteiger partial charge in [0.1, 0.15) is 0 Å². The molecule has 1 saturated heterocycles. The van der Waals surface area contributed by atoms with Crippen LogP contribution in [0.25, 0.3) is 0 Å². The zero-order valence-electron chi connectivity index (χ0n) is 14.6. The molecule has 1 atom stereocenters. The van der Waals surface area contributed by atoms with E-state index in [2.05, 4.69) is 10.2 Å². The standard InChI is InChI=1S/C18H26N2O3.2ClH/c1-13(21)23-17-7-6-15(12-16(17)22)18(14-4-2-3-5-14)20-10-8-19-9-11-20;;/h6-7,12,14,18-19,22H,2-5,8-11H2,1H3;2*1H/t18-;;/m1../s1. The number of esters is 1. The fourth-order valence-electron chi connectivity index (χ4n) is 3.97. The normalized spacial score (nSPS) is 19.6. The van der Waals surface area contributed by atoms with E-state index in [9.17, 15) is 9.90 Å². The van der Waals surface area contributed by atoms with Gasteiger partial charge in [-0.3, -0.25) is 9.69 Å². The summed E-state index contributed by atoms with van der Waals surface area (Å²) in [7, 11) is 0. The van der Waals surface area contributed by atoms with Gasteiger partial charge in [0.25, 0.3) is 0 Å². The summed E-state index contributed by atoms with van der Waals surface area (Å²) in [6, 6.07) is 5.85. The molecular weight excluding hydrogens is 363 g/mol. The zero-order chi connectivity index (χ0) is 16.2. The first kappa shape index (κ1) is 22.0. The van der Waals surface area contributed by atoms with E-state index in [1.54, 1.807) is 12.1 Å². The molecule has 0 aromatic heterocycles. The van der Waals surface area contributed by atoms with Crippen LogP contribution >= 0.6 is 24.8 Å². The molecule has 7 heteroatoms. The maximum absolute atomic E-state index is 11.1. The van der Waals surface area contributed by atoms with Crippen molar-refractivity contribution in [3.63, 3.8) is 0 Å². The number of carbonyl (C=O) groups is 1. The number of carbonyl (C=O) groups excluding carboxylic acids is 1. The van der Waals surface area contributed by atoms with Gasteiger partial charge in [-0.05, 0) is 36.5 Å². The van der Waals surface area contributed by atoms with Gasteiger partial charge in [-0.15, -0.1) is 24.8 Å². The highest BCUT2D eigenvalue weighted by molar-refractivity contribution is 5.85. The van der Waals surface area contributed by atoms with Crippen LogP contribution in [-0.4, -0.2) is 42.2 Å². The molecule has 1 heterocycles. The van der Waals surface area contributed by atoms with Crippen molar-refractivity contribution in [1.82, 2.24) is 10.2 Å². The number of piperazine rings is 1. The molecule has 0 radical (unpaired) electrons. The quantitative estimate of drug-likeness (QED) is 0.609. The maximum Gasteiger partial charge on any atom is 0.308 e. The number of rotatable bonds is 4. The van der Waals surface area contributed by atoms with Gasteiger partial charge >= 0.3 is 5.97 Å². The molecule has 142 valence electrons. The van der Waals surface area contributed by atoms with Crippen molar-refractivity contribution in [2.45, 2.75) is 38.6 Å². The number of aromatic hydroxyl groups is 1. The Bertz CT molecular complexity index is 559. The minimum absolute atomic E-state index is 0. The zero-order valence-corrected chi connectivity index (χ0v) is 16.2. The van der Waals surface area contributed by atoms with Crippen molar-refractivity contribution in [2.24, 2.45) is 5.92 Å². The first-order valence-corrected chi connectivity index (χ1v) is 8.61. The number of phenolic OH excluding ortho intramolecular Hbond substituents is 1. The van der Waals surface area contributed by atoms with Crippen LogP contribution in [0, 0.1) is 5.92 Å². The van der Waals surface area contributed by atoms with Crippen LogP contribution in [0.15, 0.2) is 18.2 Å². The molecule has 3 rings (SSSR count). The van der Waals surface area contributed by atoms with Gasteiger partial charge in [0.05, 0.1) is 0 Å². The molecule has 2 fully saturated rings. The molecule has 0 amide bonds. The predicted molar refractivity (Wildman–Crippen MR) is 103 cm³/mol. The number of nitrogens with zero attached hydrogens (tertiary/aromatic N) is 1. The highest BCUT2D eigenvalue weighted by atomic mass is 35.5. The molecule has 1 aliphatic carbocycles. The number of ether oxygens (including phenoxy) is 1. The Balaban J connectivity index is 0.00000156. The molecule has 0 bridgehead atoms. The van der Waals surface area contributed by atoms with E-state index in [0.29, 0.717) is 12.0 Å². The van der Waals surface area contributed by atoms with Gasteiger partial charge in [0, 0.05) is 39.1 Å². The Labute approximate surface area is 161 Å². The lowest BCUT2D eigenvalue weighted by Crippen LogP contribution is -2.46. The number of hydrogen-bond acceptors (Lipinski definition) is 5. The summed E-state index contributed by atoms with van der Waals surface area (Å²) in [5.74, 6) is 0.525. The molecule has 2 N–H and O–H groups in total. The van der Waals surface area contributed by atoms with Crippen molar-refractivity contribution in [3.8, 4) is 11.5 Å². The number of benzene rings is 1. The van der Waals surface area contributed by atoms with Crippen molar-refractivity contribution >= 4 is 30.8 Å².